The van der Waals surface area contributed by atoms with Crippen LogP contribution in [0.1, 0.15) is 17.0 Å². The summed E-state index contributed by atoms with van der Waals surface area (Å²) in [5.41, 5.74) is 1.94. The molecule has 0 bridgehead atoms. The van der Waals surface area contributed by atoms with Gasteiger partial charge in [-0.05, 0) is 48.2 Å². The lowest BCUT2D eigenvalue weighted by atomic mass is 10.1. The highest BCUT2D eigenvalue weighted by Gasteiger charge is 2.22. The molecule has 0 spiro atoms. The minimum atomic E-state index is -5.04. The van der Waals surface area contributed by atoms with Gasteiger partial charge in [0.05, 0.1) is 21.3 Å². The number of methoxy groups -OCH3 is 2. The Kier molecular flexibility index (Phi) is 12.6. The van der Waals surface area contributed by atoms with Gasteiger partial charge in [-0.1, -0.05) is 36.0 Å². The van der Waals surface area contributed by atoms with Gasteiger partial charge in [-0.3, -0.25) is 0 Å². The second-order valence-electron chi connectivity index (χ2n) is 7.65. The van der Waals surface area contributed by atoms with Crippen LogP contribution in [0, 0.1) is 6.92 Å². The number of aryl methyl sites for hydroxylation is 1. The molecule has 14 heteroatoms. The fourth-order valence-electron chi connectivity index (χ4n) is 2.96. The zero-order chi connectivity index (χ0) is 29.8. The molecule has 0 atom stereocenters. The number of halogens is 2. The molecule has 39 heavy (non-hydrogen) atoms. The third kappa shape index (κ3) is 11.2. The maximum absolute atomic E-state index is 12.3. The Balaban J connectivity index is 0.000000299. The topological polar surface area (TPSA) is 125 Å². The summed E-state index contributed by atoms with van der Waals surface area (Å²) in [6, 6.07) is 9.76. The number of nitrogens with zero attached hydrogens (tertiary/aromatic N) is 2. The Hall–Kier alpha value is -3.91. The molecule has 0 saturated carbocycles. The number of allylic oxidation sites excluding steroid dienone is 2. The number of aromatic nitrogens is 2. The lowest BCUT2D eigenvalue weighted by molar-refractivity contribution is -0.676. The van der Waals surface area contributed by atoms with E-state index in [0.29, 0.717) is 22.0 Å². The number of phenolic OH excluding ortho intramolecular Hbond substituents is 1. The molecular weight excluding hydrogens is 558 g/mol. The molecule has 0 aliphatic rings. The predicted molar refractivity (Wildman–Crippen MR) is 142 cm³/mol. The smallest absolute Gasteiger partial charge is 0.488 e. The van der Waals surface area contributed by atoms with Crippen LogP contribution in [0.3, 0.4) is 0 Å². The van der Waals surface area contributed by atoms with Crippen LogP contribution in [-0.2, 0) is 40.8 Å². The first-order valence-electron chi connectivity index (χ1n) is 11.0. The Bertz CT molecular complexity index is 1490. The van der Waals surface area contributed by atoms with Crippen LogP contribution in [0.2, 0.25) is 0 Å². The van der Waals surface area contributed by atoms with Gasteiger partial charge in [0.1, 0.15) is 12.4 Å². The number of rotatable bonds is 9. The van der Waals surface area contributed by atoms with Gasteiger partial charge in [0.15, 0.2) is 23.0 Å². The monoisotopic (exact) mass is 589 g/mol. The quantitative estimate of drug-likeness (QED) is 0.227. The fourth-order valence-corrected chi connectivity index (χ4v) is 3.96. The molecule has 1 N–H and O–H groups in total. The number of imidazole rings is 1. The number of ether oxygens (including phenoxy) is 2. The standard InChI is InChI=1S/C10H11FO4S.C10H12O2.C5H8FN2O2S/c1-3-4-8-5-6-9(10(7-8)14-2)15-16(11,12)13;1-3-4-8-5-6-9(11)10(7-8)12-2;1-5-7(2)3-4-8(5)11(6,9)10/h3,5-7H,1,4H2,2H3;3,5-7,11H,1,4H2,2H3;3-4H,1-2H3/q;;+1. The summed E-state index contributed by atoms with van der Waals surface area (Å²) in [5.74, 6) is 0.977. The van der Waals surface area contributed by atoms with Crippen molar-refractivity contribution >= 4 is 20.9 Å². The molecule has 0 radical (unpaired) electrons. The van der Waals surface area contributed by atoms with E-state index in [0.717, 1.165) is 23.7 Å². The number of hydrogen-bond acceptors (Lipinski definition) is 8. The highest BCUT2D eigenvalue weighted by molar-refractivity contribution is 7.84. The minimum absolute atomic E-state index is 0.153. The van der Waals surface area contributed by atoms with Crippen molar-refractivity contribution < 1.29 is 47.9 Å². The Labute approximate surface area is 227 Å². The molecule has 2 aromatic carbocycles. The summed E-state index contributed by atoms with van der Waals surface area (Å²) in [6.45, 7) is 8.71. The average molecular weight is 590 g/mol. The van der Waals surface area contributed by atoms with Gasteiger partial charge in [0, 0.05) is 6.92 Å². The lowest BCUT2D eigenvalue weighted by Crippen LogP contribution is -2.30. The molecule has 0 aliphatic heterocycles. The minimum Gasteiger partial charge on any atom is -0.504 e. The first-order chi connectivity index (χ1) is 18.2. The maximum atomic E-state index is 12.3. The normalized spacial score (nSPS) is 10.7. The van der Waals surface area contributed by atoms with E-state index < -0.39 is 20.9 Å². The summed E-state index contributed by atoms with van der Waals surface area (Å²) < 4.78 is 82.0. The van der Waals surface area contributed by atoms with Gasteiger partial charge in [-0.25, -0.2) is 4.57 Å². The molecule has 1 aromatic heterocycles. The second kappa shape index (κ2) is 14.9. The molecule has 0 fully saturated rings. The predicted octanol–water partition coefficient (Wildman–Crippen LogP) is 3.83. The Morgan fingerprint density at radius 2 is 1.44 bits per heavy atom. The van der Waals surface area contributed by atoms with E-state index in [9.17, 15) is 29.7 Å². The zero-order valence-electron chi connectivity index (χ0n) is 21.9. The van der Waals surface area contributed by atoms with Crippen LogP contribution in [0.5, 0.6) is 23.0 Å². The van der Waals surface area contributed by atoms with Gasteiger partial charge in [-0.15, -0.1) is 13.2 Å². The Morgan fingerprint density at radius 3 is 1.82 bits per heavy atom. The van der Waals surface area contributed by atoms with E-state index in [-0.39, 0.29) is 17.2 Å². The number of hydrogen-bond donors (Lipinski definition) is 1. The molecular formula is C25H31F2N2O8S2+. The summed E-state index contributed by atoms with van der Waals surface area (Å²) in [4.78, 5) is 0. The van der Waals surface area contributed by atoms with E-state index in [4.69, 9.17) is 9.47 Å². The van der Waals surface area contributed by atoms with Crippen molar-refractivity contribution in [2.24, 2.45) is 7.05 Å². The van der Waals surface area contributed by atoms with Crippen molar-refractivity contribution in [2.45, 2.75) is 19.8 Å². The van der Waals surface area contributed by atoms with Crippen LogP contribution in [0.4, 0.5) is 7.77 Å². The van der Waals surface area contributed by atoms with E-state index in [1.807, 2.05) is 12.1 Å². The molecule has 0 saturated heterocycles. The van der Waals surface area contributed by atoms with Crippen molar-refractivity contribution in [1.82, 2.24) is 3.97 Å². The van der Waals surface area contributed by atoms with E-state index >= 15 is 0 Å². The summed E-state index contributed by atoms with van der Waals surface area (Å²) >= 11 is 0. The molecule has 0 unspecified atom stereocenters. The van der Waals surface area contributed by atoms with Crippen molar-refractivity contribution in [3.63, 3.8) is 0 Å². The van der Waals surface area contributed by atoms with Gasteiger partial charge < -0.3 is 18.8 Å². The van der Waals surface area contributed by atoms with Crippen molar-refractivity contribution in [1.29, 1.82) is 0 Å². The third-order valence-corrected chi connectivity index (χ3v) is 6.15. The second-order valence-corrected chi connectivity index (χ2v) is 9.82. The highest BCUT2D eigenvalue weighted by Crippen LogP contribution is 2.30. The number of phenols is 1. The largest absolute Gasteiger partial charge is 0.504 e. The third-order valence-electron chi connectivity index (χ3n) is 4.91. The number of benzene rings is 2. The van der Waals surface area contributed by atoms with E-state index in [2.05, 4.69) is 17.3 Å². The van der Waals surface area contributed by atoms with Crippen LogP contribution in [0.15, 0.2) is 74.1 Å². The SMILES string of the molecule is C=CCc1ccc(O)c(OC)c1.C=CCc1ccc(OS(=O)(=O)F)c(OC)c1.Cc1n(S(=O)(=O)F)cc[n+]1C. The molecule has 0 aliphatic carbocycles. The van der Waals surface area contributed by atoms with Crippen molar-refractivity contribution in [3.8, 4) is 23.0 Å². The molecule has 214 valence electrons. The molecule has 3 rings (SSSR count). The van der Waals surface area contributed by atoms with E-state index in [1.165, 1.54) is 38.0 Å². The highest BCUT2D eigenvalue weighted by atomic mass is 32.3. The lowest BCUT2D eigenvalue weighted by Gasteiger charge is -2.08. The molecule has 1 heterocycles. The van der Waals surface area contributed by atoms with E-state index in [1.54, 1.807) is 37.4 Å². The number of aromatic hydroxyl groups is 1. The molecule has 0 amide bonds. The van der Waals surface area contributed by atoms with Gasteiger partial charge in [-0.2, -0.15) is 16.8 Å². The van der Waals surface area contributed by atoms with Crippen molar-refractivity contribution in [2.75, 3.05) is 14.2 Å². The summed E-state index contributed by atoms with van der Waals surface area (Å²) in [5, 5.41) is 9.25. The maximum Gasteiger partial charge on any atom is 0.488 e. The first-order valence-corrected chi connectivity index (χ1v) is 13.7. The fraction of sp³-hybridized carbons (Fsp3) is 0.240. The summed E-state index contributed by atoms with van der Waals surface area (Å²) in [6.07, 6.45) is 7.50. The van der Waals surface area contributed by atoms with Gasteiger partial charge in [0.25, 0.3) is 5.82 Å². The van der Waals surface area contributed by atoms with Gasteiger partial charge in [0.2, 0.25) is 0 Å². The van der Waals surface area contributed by atoms with Crippen LogP contribution < -0.4 is 18.2 Å². The molecule has 3 aromatic rings. The first kappa shape index (κ1) is 33.1. The van der Waals surface area contributed by atoms with Gasteiger partial charge >= 0.3 is 20.9 Å². The Morgan fingerprint density at radius 1 is 0.923 bits per heavy atom. The van der Waals surface area contributed by atoms with Crippen molar-refractivity contribution in [3.05, 3.63) is 91.1 Å². The summed E-state index contributed by atoms with van der Waals surface area (Å²) in [7, 11) is -5.14. The molecule has 10 nitrogen and oxygen atoms in total. The average Bonchev–Trinajstić information content (AvgIpc) is 3.20. The van der Waals surface area contributed by atoms with Crippen LogP contribution >= 0.6 is 0 Å². The van der Waals surface area contributed by atoms with Crippen LogP contribution in [0.25, 0.3) is 0 Å². The zero-order valence-corrected chi connectivity index (χ0v) is 23.5. The van der Waals surface area contributed by atoms with Crippen LogP contribution in [-0.4, -0.2) is 40.1 Å².